The van der Waals surface area contributed by atoms with Gasteiger partial charge in [-0.05, 0) is 76.6 Å². The molecule has 6 nitrogen and oxygen atoms in total. The minimum atomic E-state index is -0.648. The number of esters is 1. The van der Waals surface area contributed by atoms with Gasteiger partial charge in [0.05, 0.1) is 6.61 Å². The fourth-order valence-corrected chi connectivity index (χ4v) is 3.35. The number of fused-ring (bicyclic) bond motifs is 1. The molecule has 5 N–H and O–H groups in total. The lowest BCUT2D eigenvalue weighted by Gasteiger charge is -2.36. The monoisotopic (exact) mass is 364 g/mol. The van der Waals surface area contributed by atoms with Crippen LogP contribution in [0.4, 0.5) is 0 Å². The number of nitrogens with two attached hydrogens (primary N) is 2. The van der Waals surface area contributed by atoms with Crippen molar-refractivity contribution in [1.29, 1.82) is 0 Å². The van der Waals surface area contributed by atoms with Gasteiger partial charge in [-0.2, -0.15) is 0 Å². The van der Waals surface area contributed by atoms with E-state index in [2.05, 4.69) is 0 Å². The smallest absolute Gasteiger partial charge is 0.328 e. The van der Waals surface area contributed by atoms with Crippen molar-refractivity contribution in [2.45, 2.75) is 71.4 Å². The molecular weight excluding hydrogens is 332 g/mol. The Balaban J connectivity index is 2.26. The van der Waals surface area contributed by atoms with Gasteiger partial charge in [0.1, 0.15) is 23.1 Å². The molecule has 0 bridgehead atoms. The molecule has 0 aliphatic carbocycles. The third kappa shape index (κ3) is 4.19. The van der Waals surface area contributed by atoms with E-state index in [9.17, 15) is 9.90 Å². The van der Waals surface area contributed by atoms with Gasteiger partial charge >= 0.3 is 5.97 Å². The Bertz CT molecular complexity index is 675. The second-order valence-corrected chi connectivity index (χ2v) is 7.53. The normalized spacial score (nSPS) is 20.3. The van der Waals surface area contributed by atoms with Crippen LogP contribution in [-0.4, -0.2) is 35.9 Å². The molecule has 146 valence electrons. The SMILES string of the molecule is Cc1c(C)c2c(c(C)c1OC(=O)[C@@H](N)CCCCN)CC[C@@](C)(CO)O2. The second-order valence-electron chi connectivity index (χ2n) is 7.53. The minimum Gasteiger partial charge on any atom is -0.485 e. The Morgan fingerprint density at radius 1 is 1.27 bits per heavy atom. The van der Waals surface area contributed by atoms with Crippen LogP contribution in [0.25, 0.3) is 0 Å². The number of hydrogen-bond donors (Lipinski definition) is 3. The van der Waals surface area contributed by atoms with Crippen molar-refractivity contribution >= 4 is 5.97 Å². The standard InChI is InChI=1S/C20H32N2O4/c1-12-13(2)18-15(8-9-20(4,11-23)26-18)14(3)17(12)25-19(24)16(22)7-5-6-10-21/h16,23H,5-11,21-22H2,1-4H3/t16-,20-/m0/s1. The number of unbranched alkanes of at least 4 members (excludes halogenated alkanes) is 1. The molecule has 0 fully saturated rings. The maximum atomic E-state index is 12.4. The Morgan fingerprint density at radius 3 is 2.58 bits per heavy atom. The summed E-state index contributed by atoms with van der Waals surface area (Å²) in [5, 5.41) is 9.61. The number of rotatable bonds is 7. The summed E-state index contributed by atoms with van der Waals surface area (Å²) in [6.07, 6.45) is 3.70. The van der Waals surface area contributed by atoms with Crippen molar-refractivity contribution in [3.8, 4) is 11.5 Å². The second kappa shape index (κ2) is 8.37. The summed E-state index contributed by atoms with van der Waals surface area (Å²) >= 11 is 0. The average molecular weight is 364 g/mol. The van der Waals surface area contributed by atoms with Crippen LogP contribution in [0.2, 0.25) is 0 Å². The molecule has 2 rings (SSSR count). The first-order valence-electron chi connectivity index (χ1n) is 9.34. The molecule has 0 spiro atoms. The zero-order chi connectivity index (χ0) is 19.5. The van der Waals surface area contributed by atoms with E-state index in [-0.39, 0.29) is 6.61 Å². The lowest BCUT2D eigenvalue weighted by molar-refractivity contribution is -0.136. The van der Waals surface area contributed by atoms with Gasteiger partial charge in [-0.1, -0.05) is 6.42 Å². The van der Waals surface area contributed by atoms with E-state index in [1.54, 1.807) is 0 Å². The van der Waals surface area contributed by atoms with Crippen LogP contribution >= 0.6 is 0 Å². The Morgan fingerprint density at radius 2 is 1.96 bits per heavy atom. The molecule has 0 saturated heterocycles. The van der Waals surface area contributed by atoms with Crippen LogP contribution in [0.3, 0.4) is 0 Å². The molecule has 6 heteroatoms. The molecule has 0 amide bonds. The number of aliphatic hydroxyl groups is 1. The fourth-order valence-electron chi connectivity index (χ4n) is 3.35. The quantitative estimate of drug-likeness (QED) is 0.388. The van der Waals surface area contributed by atoms with Crippen LogP contribution in [0.5, 0.6) is 11.5 Å². The first-order chi connectivity index (χ1) is 12.2. The van der Waals surface area contributed by atoms with Crippen molar-refractivity contribution in [2.75, 3.05) is 13.2 Å². The van der Waals surface area contributed by atoms with Crippen LogP contribution < -0.4 is 20.9 Å². The maximum absolute atomic E-state index is 12.4. The topological polar surface area (TPSA) is 108 Å². The first-order valence-corrected chi connectivity index (χ1v) is 9.34. The molecule has 0 aromatic heterocycles. The molecule has 2 atom stereocenters. The van der Waals surface area contributed by atoms with Crippen LogP contribution in [0, 0.1) is 20.8 Å². The third-order valence-electron chi connectivity index (χ3n) is 5.37. The summed E-state index contributed by atoms with van der Waals surface area (Å²) in [7, 11) is 0. The van der Waals surface area contributed by atoms with Gasteiger partial charge in [-0.15, -0.1) is 0 Å². The largest absolute Gasteiger partial charge is 0.485 e. The van der Waals surface area contributed by atoms with E-state index < -0.39 is 17.6 Å². The van der Waals surface area contributed by atoms with Gasteiger partial charge in [-0.25, -0.2) is 4.79 Å². The highest BCUT2D eigenvalue weighted by Gasteiger charge is 2.34. The summed E-state index contributed by atoms with van der Waals surface area (Å²) < 4.78 is 11.8. The van der Waals surface area contributed by atoms with Crippen molar-refractivity contribution in [3.63, 3.8) is 0 Å². The average Bonchev–Trinajstić information content (AvgIpc) is 2.63. The molecule has 26 heavy (non-hydrogen) atoms. The summed E-state index contributed by atoms with van der Waals surface area (Å²) in [6, 6.07) is -0.648. The fraction of sp³-hybridized carbons (Fsp3) is 0.650. The van der Waals surface area contributed by atoms with Crippen molar-refractivity contribution in [3.05, 3.63) is 22.3 Å². The summed E-state index contributed by atoms with van der Waals surface area (Å²) in [6.45, 7) is 8.29. The van der Waals surface area contributed by atoms with E-state index in [0.717, 1.165) is 47.3 Å². The zero-order valence-electron chi connectivity index (χ0n) is 16.4. The van der Waals surface area contributed by atoms with E-state index >= 15 is 0 Å². The van der Waals surface area contributed by atoms with Crippen molar-refractivity contribution in [1.82, 2.24) is 0 Å². The van der Waals surface area contributed by atoms with Crippen molar-refractivity contribution in [2.24, 2.45) is 11.5 Å². The van der Waals surface area contributed by atoms with E-state index in [0.29, 0.717) is 25.1 Å². The summed E-state index contributed by atoms with van der Waals surface area (Å²) in [5.41, 5.74) is 14.6. The molecule has 1 aliphatic heterocycles. The van der Waals surface area contributed by atoms with Crippen molar-refractivity contribution < 1.29 is 19.4 Å². The van der Waals surface area contributed by atoms with Gasteiger partial charge < -0.3 is 26.0 Å². The number of carbonyl (C=O) groups excluding carboxylic acids is 1. The third-order valence-corrected chi connectivity index (χ3v) is 5.37. The lowest BCUT2D eigenvalue weighted by atomic mass is 9.87. The number of carbonyl (C=O) groups is 1. The number of benzene rings is 1. The van der Waals surface area contributed by atoms with E-state index in [4.69, 9.17) is 20.9 Å². The molecule has 1 heterocycles. The molecule has 1 aromatic rings. The van der Waals surface area contributed by atoms with Crippen LogP contribution in [0.15, 0.2) is 0 Å². The highest BCUT2D eigenvalue weighted by molar-refractivity contribution is 5.79. The minimum absolute atomic E-state index is 0.0294. The molecular formula is C20H32N2O4. The van der Waals surface area contributed by atoms with Gasteiger partial charge in [-0.3, -0.25) is 0 Å². The Labute approximate surface area is 155 Å². The van der Waals surface area contributed by atoms with Gasteiger partial charge in [0.15, 0.2) is 0 Å². The molecule has 0 unspecified atom stereocenters. The predicted octanol–water partition coefficient (Wildman–Crippen LogP) is 2.05. The van der Waals surface area contributed by atoms with Gasteiger partial charge in [0.2, 0.25) is 0 Å². The van der Waals surface area contributed by atoms with E-state index in [1.165, 1.54) is 0 Å². The summed E-state index contributed by atoms with van der Waals surface area (Å²) in [5.74, 6) is 0.969. The lowest BCUT2D eigenvalue weighted by Crippen LogP contribution is -2.40. The highest BCUT2D eigenvalue weighted by Crippen LogP contribution is 2.43. The van der Waals surface area contributed by atoms with Crippen LogP contribution in [0.1, 0.15) is 54.9 Å². The molecule has 0 radical (unpaired) electrons. The highest BCUT2D eigenvalue weighted by atomic mass is 16.5. The molecule has 0 saturated carbocycles. The van der Waals surface area contributed by atoms with Crippen LogP contribution in [-0.2, 0) is 11.2 Å². The predicted molar refractivity (Wildman–Crippen MR) is 102 cm³/mol. The first kappa shape index (κ1) is 20.7. The number of aliphatic hydroxyl groups excluding tert-OH is 1. The maximum Gasteiger partial charge on any atom is 0.328 e. The number of hydrogen-bond acceptors (Lipinski definition) is 6. The van der Waals surface area contributed by atoms with Gasteiger partial charge in [0, 0.05) is 5.56 Å². The zero-order valence-corrected chi connectivity index (χ0v) is 16.4. The Kier molecular flexibility index (Phi) is 6.66. The number of ether oxygens (including phenoxy) is 2. The Hall–Kier alpha value is -1.63. The molecule has 1 aromatic carbocycles. The van der Waals surface area contributed by atoms with Gasteiger partial charge in [0.25, 0.3) is 0 Å². The molecule has 1 aliphatic rings. The van der Waals surface area contributed by atoms with E-state index in [1.807, 2.05) is 27.7 Å². The summed E-state index contributed by atoms with van der Waals surface area (Å²) in [4.78, 5) is 12.4.